The molecule has 1 aromatic heterocycles. The highest BCUT2D eigenvalue weighted by molar-refractivity contribution is 7.90. The lowest BCUT2D eigenvalue weighted by Crippen LogP contribution is -2.43. The predicted molar refractivity (Wildman–Crippen MR) is 74.5 cm³/mol. The molecule has 128 valence electrons. The molecule has 1 amide bonds. The lowest BCUT2D eigenvalue weighted by Gasteiger charge is -2.27. The zero-order valence-electron chi connectivity index (χ0n) is 12.3. The van der Waals surface area contributed by atoms with E-state index in [9.17, 15) is 26.4 Å². The number of amides is 1. The molecule has 1 fully saturated rings. The minimum absolute atomic E-state index is 0.0775. The minimum Gasteiger partial charge on any atom is -0.353 e. The molecule has 0 bridgehead atoms. The molecular formula is C13H15F3N2O4S. The van der Waals surface area contributed by atoms with Crippen molar-refractivity contribution in [2.24, 2.45) is 0 Å². The standard InChI is InChI=1S/C13H15F3N2O4S/c1-12(13(14,15)16)5-3-9(22-12)11(19)18-8-4-6-17-10(7-8)23(2,20)21/h4,6-7,9H,3,5H2,1-2H3,(H,17,18,19). The number of sulfone groups is 1. The van der Waals surface area contributed by atoms with E-state index < -0.39 is 33.6 Å². The Morgan fingerprint density at radius 2 is 2.13 bits per heavy atom. The van der Waals surface area contributed by atoms with Gasteiger partial charge in [-0.15, -0.1) is 0 Å². The summed E-state index contributed by atoms with van der Waals surface area (Å²) in [5, 5.41) is 2.10. The van der Waals surface area contributed by atoms with Crippen molar-refractivity contribution in [1.82, 2.24) is 4.98 Å². The fourth-order valence-electron chi connectivity index (χ4n) is 2.14. The quantitative estimate of drug-likeness (QED) is 0.898. The van der Waals surface area contributed by atoms with E-state index >= 15 is 0 Å². The number of aromatic nitrogens is 1. The molecule has 2 heterocycles. The van der Waals surface area contributed by atoms with Gasteiger partial charge in [-0.05, 0) is 31.9 Å². The number of nitrogens with zero attached hydrogens (tertiary/aromatic N) is 1. The maximum absolute atomic E-state index is 12.9. The molecule has 6 nitrogen and oxygen atoms in total. The molecule has 23 heavy (non-hydrogen) atoms. The van der Waals surface area contributed by atoms with Crippen molar-refractivity contribution in [3.05, 3.63) is 18.3 Å². The van der Waals surface area contributed by atoms with Gasteiger partial charge in [0.1, 0.15) is 6.10 Å². The van der Waals surface area contributed by atoms with Crippen molar-refractivity contribution in [3.63, 3.8) is 0 Å². The van der Waals surface area contributed by atoms with E-state index in [1.807, 2.05) is 0 Å². The van der Waals surface area contributed by atoms with E-state index in [0.717, 1.165) is 19.2 Å². The summed E-state index contributed by atoms with van der Waals surface area (Å²) in [7, 11) is -3.56. The Labute approximate surface area is 131 Å². The molecule has 0 spiro atoms. The summed E-state index contributed by atoms with van der Waals surface area (Å²) in [4.78, 5) is 15.7. The molecule has 2 rings (SSSR count). The monoisotopic (exact) mass is 352 g/mol. The highest BCUT2D eigenvalue weighted by Crippen LogP contribution is 2.43. The highest BCUT2D eigenvalue weighted by Gasteiger charge is 2.57. The van der Waals surface area contributed by atoms with Gasteiger partial charge in [0.2, 0.25) is 0 Å². The second kappa shape index (κ2) is 5.75. The Morgan fingerprint density at radius 1 is 1.48 bits per heavy atom. The molecule has 0 aromatic carbocycles. The number of anilines is 1. The Morgan fingerprint density at radius 3 is 2.65 bits per heavy atom. The molecule has 1 aromatic rings. The Balaban J connectivity index is 2.10. The Bertz CT molecular complexity index is 720. The number of carbonyl (C=O) groups is 1. The lowest BCUT2D eigenvalue weighted by molar-refractivity contribution is -0.261. The van der Waals surface area contributed by atoms with Gasteiger partial charge >= 0.3 is 6.18 Å². The van der Waals surface area contributed by atoms with Crippen LogP contribution in [0.1, 0.15) is 19.8 Å². The number of carbonyl (C=O) groups excluding carboxylic acids is 1. The van der Waals surface area contributed by atoms with Gasteiger partial charge in [0.15, 0.2) is 20.5 Å². The molecule has 0 aliphatic carbocycles. The second-order valence-electron chi connectivity index (χ2n) is 5.52. The van der Waals surface area contributed by atoms with E-state index in [0.29, 0.717) is 0 Å². The van der Waals surface area contributed by atoms with Gasteiger partial charge in [-0.2, -0.15) is 13.2 Å². The SMILES string of the molecule is CC1(C(F)(F)F)CCC(C(=O)Nc2ccnc(S(C)(=O)=O)c2)O1. The van der Waals surface area contributed by atoms with Crippen LogP contribution in [-0.2, 0) is 19.4 Å². The van der Waals surface area contributed by atoms with Crippen molar-refractivity contribution < 1.29 is 31.1 Å². The molecule has 1 aliphatic rings. The topological polar surface area (TPSA) is 85.4 Å². The summed E-state index contributed by atoms with van der Waals surface area (Å²) >= 11 is 0. The molecule has 0 saturated carbocycles. The van der Waals surface area contributed by atoms with Crippen LogP contribution in [0.5, 0.6) is 0 Å². The van der Waals surface area contributed by atoms with Crippen LogP contribution < -0.4 is 5.32 Å². The largest absolute Gasteiger partial charge is 0.417 e. The lowest BCUT2D eigenvalue weighted by atomic mass is 10.0. The third-order valence-corrected chi connectivity index (χ3v) is 4.54. The number of nitrogens with one attached hydrogen (secondary N) is 1. The van der Waals surface area contributed by atoms with Gasteiger partial charge in [0, 0.05) is 18.1 Å². The van der Waals surface area contributed by atoms with Gasteiger partial charge in [0.25, 0.3) is 5.91 Å². The van der Waals surface area contributed by atoms with Crippen molar-refractivity contribution in [3.8, 4) is 0 Å². The number of hydrogen-bond donors (Lipinski definition) is 1. The summed E-state index contributed by atoms with van der Waals surface area (Å²) in [5.74, 6) is -0.761. The summed E-state index contributed by atoms with van der Waals surface area (Å²) in [6.07, 6.45) is -4.08. The number of rotatable bonds is 3. The molecule has 1 N–H and O–H groups in total. The first kappa shape index (κ1) is 17.7. The Hall–Kier alpha value is -1.68. The van der Waals surface area contributed by atoms with Gasteiger partial charge in [-0.3, -0.25) is 4.79 Å². The summed E-state index contributed by atoms with van der Waals surface area (Å²) in [6.45, 7) is 0.897. The van der Waals surface area contributed by atoms with Crippen LogP contribution in [0.2, 0.25) is 0 Å². The van der Waals surface area contributed by atoms with Crippen LogP contribution in [-0.4, -0.2) is 43.4 Å². The minimum atomic E-state index is -4.57. The molecule has 2 unspecified atom stereocenters. The second-order valence-corrected chi connectivity index (χ2v) is 7.48. The number of halogens is 3. The maximum atomic E-state index is 12.9. The van der Waals surface area contributed by atoms with Crippen LogP contribution in [0.25, 0.3) is 0 Å². The molecule has 2 atom stereocenters. The first-order chi connectivity index (χ1) is 10.4. The van der Waals surface area contributed by atoms with Crippen LogP contribution >= 0.6 is 0 Å². The zero-order valence-corrected chi connectivity index (χ0v) is 13.2. The maximum Gasteiger partial charge on any atom is 0.417 e. The normalized spacial score (nSPS) is 25.3. The van der Waals surface area contributed by atoms with E-state index in [1.54, 1.807) is 0 Å². The molecule has 1 aliphatic heterocycles. The first-order valence-electron chi connectivity index (χ1n) is 6.64. The number of alkyl halides is 3. The van der Waals surface area contributed by atoms with Crippen LogP contribution in [0, 0.1) is 0 Å². The van der Waals surface area contributed by atoms with E-state index in [2.05, 4.69) is 10.3 Å². The van der Waals surface area contributed by atoms with E-state index in [1.165, 1.54) is 12.3 Å². The third-order valence-electron chi connectivity index (χ3n) is 3.56. The van der Waals surface area contributed by atoms with E-state index in [-0.39, 0.29) is 23.6 Å². The third kappa shape index (κ3) is 3.81. The van der Waals surface area contributed by atoms with Crippen molar-refractivity contribution >= 4 is 21.4 Å². The molecule has 10 heteroatoms. The Kier molecular flexibility index (Phi) is 4.42. The number of ether oxygens (including phenoxy) is 1. The van der Waals surface area contributed by atoms with Gasteiger partial charge in [-0.25, -0.2) is 13.4 Å². The average molecular weight is 352 g/mol. The fraction of sp³-hybridized carbons (Fsp3) is 0.538. The summed E-state index contributed by atoms with van der Waals surface area (Å²) in [6, 6.07) is 2.47. The summed E-state index contributed by atoms with van der Waals surface area (Å²) < 4.78 is 66.3. The van der Waals surface area contributed by atoms with Crippen LogP contribution in [0.4, 0.5) is 18.9 Å². The highest BCUT2D eigenvalue weighted by atomic mass is 32.2. The molecule has 1 saturated heterocycles. The summed E-state index contributed by atoms with van der Waals surface area (Å²) in [5.41, 5.74) is -2.24. The van der Waals surface area contributed by atoms with Crippen molar-refractivity contribution in [2.45, 2.75) is 42.7 Å². The zero-order chi connectivity index (χ0) is 17.5. The van der Waals surface area contributed by atoms with Gasteiger partial charge in [-0.1, -0.05) is 0 Å². The fourth-order valence-corrected chi connectivity index (χ4v) is 2.74. The van der Waals surface area contributed by atoms with Crippen LogP contribution in [0.3, 0.4) is 0 Å². The van der Waals surface area contributed by atoms with Gasteiger partial charge in [0.05, 0.1) is 0 Å². The van der Waals surface area contributed by atoms with E-state index in [4.69, 9.17) is 4.74 Å². The smallest absolute Gasteiger partial charge is 0.353 e. The number of hydrogen-bond acceptors (Lipinski definition) is 5. The first-order valence-corrected chi connectivity index (χ1v) is 8.53. The van der Waals surface area contributed by atoms with Crippen molar-refractivity contribution in [2.75, 3.05) is 11.6 Å². The van der Waals surface area contributed by atoms with Crippen molar-refractivity contribution in [1.29, 1.82) is 0 Å². The predicted octanol–water partition coefficient (Wildman–Crippen LogP) is 1.92. The van der Waals surface area contributed by atoms with Gasteiger partial charge < -0.3 is 10.1 Å². The average Bonchev–Trinajstić information content (AvgIpc) is 2.82. The molecular weight excluding hydrogens is 337 g/mol. The molecule has 0 radical (unpaired) electrons. The number of pyridine rings is 1. The van der Waals surface area contributed by atoms with Crippen LogP contribution in [0.15, 0.2) is 23.4 Å².